The van der Waals surface area contributed by atoms with Crippen LogP contribution in [0.15, 0.2) is 24.3 Å². The van der Waals surface area contributed by atoms with Crippen LogP contribution in [0.3, 0.4) is 0 Å². The van der Waals surface area contributed by atoms with E-state index in [0.29, 0.717) is 18.7 Å². The van der Waals surface area contributed by atoms with Crippen LogP contribution in [0.25, 0.3) is 0 Å². The van der Waals surface area contributed by atoms with Gasteiger partial charge in [0.25, 0.3) is 5.91 Å². The maximum absolute atomic E-state index is 12.2. The summed E-state index contributed by atoms with van der Waals surface area (Å²) < 4.78 is 10.0. The number of amides is 1. The van der Waals surface area contributed by atoms with Gasteiger partial charge in [-0.05, 0) is 25.5 Å². The Hall–Kier alpha value is -2.08. The van der Waals surface area contributed by atoms with Gasteiger partial charge in [-0.2, -0.15) is 0 Å². The molecule has 0 aromatic heterocycles. The summed E-state index contributed by atoms with van der Waals surface area (Å²) in [5.41, 5.74) is 1.11. The summed E-state index contributed by atoms with van der Waals surface area (Å²) in [5, 5.41) is 8.89. The molecule has 0 saturated heterocycles. The van der Waals surface area contributed by atoms with Crippen molar-refractivity contribution >= 4 is 11.9 Å². The van der Waals surface area contributed by atoms with Crippen LogP contribution >= 0.6 is 0 Å². The highest BCUT2D eigenvalue weighted by Gasteiger charge is 2.15. The van der Waals surface area contributed by atoms with Gasteiger partial charge in [-0.15, -0.1) is 0 Å². The second-order valence-electron chi connectivity index (χ2n) is 4.89. The molecule has 0 fully saturated rings. The Bertz CT molecular complexity index is 472. The normalized spacial score (nSPS) is 10.1. The number of hydrogen-bond donors (Lipinski definition) is 1. The van der Waals surface area contributed by atoms with Crippen molar-refractivity contribution in [2.45, 2.75) is 19.8 Å². The van der Waals surface area contributed by atoms with E-state index in [0.717, 1.165) is 5.56 Å². The SMILES string of the molecule is COC(=O)CCN(CCCO)C(=O)COc1ccc(C)cc1. The first-order valence-corrected chi connectivity index (χ1v) is 7.21. The van der Waals surface area contributed by atoms with Crippen LogP contribution in [0.5, 0.6) is 5.75 Å². The molecule has 6 nitrogen and oxygen atoms in total. The van der Waals surface area contributed by atoms with Crippen LogP contribution in [0, 0.1) is 6.92 Å². The van der Waals surface area contributed by atoms with Gasteiger partial charge in [-0.25, -0.2) is 0 Å². The molecule has 0 aliphatic heterocycles. The Labute approximate surface area is 130 Å². The number of hydrogen-bond acceptors (Lipinski definition) is 5. The van der Waals surface area contributed by atoms with Crippen LogP contribution < -0.4 is 4.74 Å². The number of esters is 1. The molecular weight excluding hydrogens is 286 g/mol. The summed E-state index contributed by atoms with van der Waals surface area (Å²) in [6.07, 6.45) is 0.579. The largest absolute Gasteiger partial charge is 0.484 e. The molecule has 1 rings (SSSR count). The monoisotopic (exact) mass is 309 g/mol. The zero-order chi connectivity index (χ0) is 16.4. The molecule has 0 unspecified atom stereocenters. The van der Waals surface area contributed by atoms with Crippen molar-refractivity contribution in [1.82, 2.24) is 4.90 Å². The molecule has 0 saturated carbocycles. The first-order valence-electron chi connectivity index (χ1n) is 7.21. The third-order valence-electron chi connectivity index (χ3n) is 3.14. The average Bonchev–Trinajstić information content (AvgIpc) is 2.53. The highest BCUT2D eigenvalue weighted by atomic mass is 16.5. The van der Waals surface area contributed by atoms with Gasteiger partial charge in [0, 0.05) is 19.7 Å². The molecule has 1 N–H and O–H groups in total. The van der Waals surface area contributed by atoms with Crippen LogP contribution in [0.4, 0.5) is 0 Å². The molecule has 0 aliphatic rings. The molecule has 0 radical (unpaired) electrons. The minimum absolute atomic E-state index is 0.0131. The Balaban J connectivity index is 2.50. The van der Waals surface area contributed by atoms with Crippen molar-refractivity contribution in [2.75, 3.05) is 33.4 Å². The minimum Gasteiger partial charge on any atom is -0.484 e. The number of benzene rings is 1. The van der Waals surface area contributed by atoms with Crippen LogP contribution in [-0.4, -0.2) is 55.3 Å². The van der Waals surface area contributed by atoms with Crippen molar-refractivity contribution in [2.24, 2.45) is 0 Å². The van der Waals surface area contributed by atoms with Gasteiger partial charge in [0.1, 0.15) is 5.75 Å². The average molecular weight is 309 g/mol. The molecular formula is C16H23NO5. The number of methoxy groups -OCH3 is 1. The Morgan fingerprint density at radius 1 is 1.18 bits per heavy atom. The molecule has 0 bridgehead atoms. The van der Waals surface area contributed by atoms with Crippen molar-refractivity contribution in [3.05, 3.63) is 29.8 Å². The Morgan fingerprint density at radius 2 is 1.86 bits per heavy atom. The van der Waals surface area contributed by atoms with E-state index in [1.54, 1.807) is 12.1 Å². The smallest absolute Gasteiger partial charge is 0.307 e. The third kappa shape index (κ3) is 6.58. The maximum atomic E-state index is 12.2. The molecule has 6 heteroatoms. The predicted octanol–water partition coefficient (Wildman–Crippen LogP) is 1.15. The first kappa shape index (κ1) is 18.0. The highest BCUT2D eigenvalue weighted by Crippen LogP contribution is 2.11. The summed E-state index contributed by atoms with van der Waals surface area (Å²) in [6.45, 7) is 2.49. The molecule has 1 aromatic rings. The lowest BCUT2D eigenvalue weighted by Gasteiger charge is -2.22. The number of nitrogens with zero attached hydrogens (tertiary/aromatic N) is 1. The summed E-state index contributed by atoms with van der Waals surface area (Å²) in [4.78, 5) is 24.8. The number of carbonyl (C=O) groups is 2. The summed E-state index contributed by atoms with van der Waals surface area (Å²) in [6, 6.07) is 7.41. The van der Waals surface area contributed by atoms with E-state index < -0.39 is 0 Å². The van der Waals surface area contributed by atoms with Crippen LogP contribution in [0.2, 0.25) is 0 Å². The predicted molar refractivity (Wildman–Crippen MR) is 81.6 cm³/mol. The van der Waals surface area contributed by atoms with Gasteiger partial charge in [0.15, 0.2) is 6.61 Å². The van der Waals surface area contributed by atoms with E-state index in [1.165, 1.54) is 12.0 Å². The van der Waals surface area contributed by atoms with E-state index in [2.05, 4.69) is 4.74 Å². The molecule has 1 amide bonds. The van der Waals surface area contributed by atoms with Gasteiger partial charge >= 0.3 is 5.97 Å². The van der Waals surface area contributed by atoms with Crippen molar-refractivity contribution in [3.63, 3.8) is 0 Å². The second kappa shape index (κ2) is 9.78. The molecule has 22 heavy (non-hydrogen) atoms. The summed E-state index contributed by atoms with van der Waals surface area (Å²) in [7, 11) is 1.31. The quantitative estimate of drug-likeness (QED) is 0.693. The van der Waals surface area contributed by atoms with Gasteiger partial charge in [-0.1, -0.05) is 17.7 Å². The summed E-state index contributed by atoms with van der Waals surface area (Å²) >= 11 is 0. The van der Waals surface area contributed by atoms with E-state index in [9.17, 15) is 9.59 Å². The van der Waals surface area contributed by atoms with Crippen molar-refractivity contribution < 1.29 is 24.2 Å². The summed E-state index contributed by atoms with van der Waals surface area (Å²) in [5.74, 6) is 0.0215. The molecule has 0 heterocycles. The molecule has 0 aliphatic carbocycles. The number of carbonyl (C=O) groups excluding carboxylic acids is 2. The maximum Gasteiger partial charge on any atom is 0.307 e. The topological polar surface area (TPSA) is 76.1 Å². The molecule has 0 spiro atoms. The lowest BCUT2D eigenvalue weighted by molar-refractivity contribution is -0.142. The van der Waals surface area contributed by atoms with Gasteiger partial charge in [-0.3, -0.25) is 9.59 Å². The highest BCUT2D eigenvalue weighted by molar-refractivity contribution is 5.78. The fraction of sp³-hybridized carbons (Fsp3) is 0.500. The number of aryl methyl sites for hydroxylation is 1. The lowest BCUT2D eigenvalue weighted by Crippen LogP contribution is -2.37. The van der Waals surface area contributed by atoms with Gasteiger partial charge in [0.05, 0.1) is 13.5 Å². The van der Waals surface area contributed by atoms with E-state index >= 15 is 0 Å². The Morgan fingerprint density at radius 3 is 2.45 bits per heavy atom. The lowest BCUT2D eigenvalue weighted by atomic mass is 10.2. The minimum atomic E-state index is -0.374. The Kier molecular flexibility index (Phi) is 7.99. The van der Waals surface area contributed by atoms with Crippen LogP contribution in [0.1, 0.15) is 18.4 Å². The fourth-order valence-corrected chi connectivity index (χ4v) is 1.82. The number of ether oxygens (including phenoxy) is 2. The van der Waals surface area contributed by atoms with Gasteiger partial charge < -0.3 is 19.5 Å². The molecule has 122 valence electrons. The van der Waals surface area contributed by atoms with E-state index in [1.807, 2.05) is 19.1 Å². The van der Waals surface area contributed by atoms with Crippen LogP contribution in [-0.2, 0) is 14.3 Å². The number of rotatable bonds is 9. The van der Waals surface area contributed by atoms with E-state index in [-0.39, 0.29) is 38.1 Å². The number of aliphatic hydroxyl groups excluding tert-OH is 1. The van der Waals surface area contributed by atoms with Crippen molar-refractivity contribution in [3.8, 4) is 5.75 Å². The standard InChI is InChI=1S/C16H23NO5/c1-13-4-6-14(7-5-13)22-12-15(19)17(9-3-11-18)10-8-16(20)21-2/h4-7,18H,3,8-12H2,1-2H3. The zero-order valence-corrected chi connectivity index (χ0v) is 13.1. The molecule has 1 aromatic carbocycles. The second-order valence-corrected chi connectivity index (χ2v) is 4.89. The van der Waals surface area contributed by atoms with Crippen molar-refractivity contribution in [1.29, 1.82) is 0 Å². The molecule has 0 atom stereocenters. The zero-order valence-electron chi connectivity index (χ0n) is 13.1. The third-order valence-corrected chi connectivity index (χ3v) is 3.14. The fourth-order valence-electron chi connectivity index (χ4n) is 1.82. The van der Waals surface area contributed by atoms with E-state index in [4.69, 9.17) is 9.84 Å². The van der Waals surface area contributed by atoms with Gasteiger partial charge in [0.2, 0.25) is 0 Å². The number of aliphatic hydroxyl groups is 1. The first-order chi connectivity index (χ1) is 10.6.